The SMILES string of the molecule is OCC(Cc1ccccc1)Nc1cncc2nnnn12. The quantitative estimate of drug-likeness (QED) is 0.703. The number of aromatic nitrogens is 5. The molecule has 102 valence electrons. The third-order valence-corrected chi connectivity index (χ3v) is 3.01. The summed E-state index contributed by atoms with van der Waals surface area (Å²) in [7, 11) is 0. The average molecular weight is 270 g/mol. The van der Waals surface area contributed by atoms with Gasteiger partial charge in [-0.05, 0) is 22.4 Å². The summed E-state index contributed by atoms with van der Waals surface area (Å²) in [6.07, 6.45) is 3.92. The van der Waals surface area contributed by atoms with Crippen molar-refractivity contribution in [3.63, 3.8) is 0 Å². The Labute approximate surface area is 115 Å². The van der Waals surface area contributed by atoms with E-state index in [2.05, 4.69) is 25.8 Å². The molecular formula is C13H14N6O. The lowest BCUT2D eigenvalue weighted by atomic mass is 10.1. The van der Waals surface area contributed by atoms with Crippen LogP contribution >= 0.6 is 0 Å². The molecule has 2 N–H and O–H groups in total. The summed E-state index contributed by atoms with van der Waals surface area (Å²) in [4.78, 5) is 4.07. The van der Waals surface area contributed by atoms with E-state index in [4.69, 9.17) is 0 Å². The summed E-state index contributed by atoms with van der Waals surface area (Å²) in [6, 6.07) is 9.85. The fourth-order valence-electron chi connectivity index (χ4n) is 2.04. The van der Waals surface area contributed by atoms with Gasteiger partial charge in [0.05, 0.1) is 25.0 Å². The first kappa shape index (κ1) is 12.5. The van der Waals surface area contributed by atoms with Gasteiger partial charge in [0.25, 0.3) is 0 Å². The van der Waals surface area contributed by atoms with Gasteiger partial charge in [-0.2, -0.15) is 4.52 Å². The summed E-state index contributed by atoms with van der Waals surface area (Å²) in [6.45, 7) is 0.00735. The molecule has 3 rings (SSSR count). The molecule has 0 saturated heterocycles. The Balaban J connectivity index is 1.79. The van der Waals surface area contributed by atoms with Crippen LogP contribution in [0.5, 0.6) is 0 Å². The average Bonchev–Trinajstić information content (AvgIpc) is 2.97. The smallest absolute Gasteiger partial charge is 0.199 e. The molecule has 2 heterocycles. The normalized spacial score (nSPS) is 12.4. The fraction of sp³-hybridized carbons (Fsp3) is 0.231. The van der Waals surface area contributed by atoms with Gasteiger partial charge in [0.2, 0.25) is 0 Å². The first-order chi connectivity index (χ1) is 9.86. The number of anilines is 1. The van der Waals surface area contributed by atoms with Crippen molar-refractivity contribution in [3.05, 3.63) is 48.3 Å². The Morgan fingerprint density at radius 2 is 2.05 bits per heavy atom. The third kappa shape index (κ3) is 2.57. The number of benzene rings is 1. The molecule has 3 aromatic rings. The largest absolute Gasteiger partial charge is 0.394 e. The van der Waals surface area contributed by atoms with Crippen LogP contribution in [-0.4, -0.2) is 42.8 Å². The van der Waals surface area contributed by atoms with Crippen molar-refractivity contribution in [2.45, 2.75) is 12.5 Å². The standard InChI is InChI=1S/C13H14N6O/c20-9-11(6-10-4-2-1-3-5-10)15-12-7-14-8-13-16-17-18-19(12)13/h1-5,7-8,11,15,20H,6,9H2. The maximum atomic E-state index is 9.53. The lowest BCUT2D eigenvalue weighted by Gasteiger charge is -2.17. The van der Waals surface area contributed by atoms with E-state index < -0.39 is 0 Å². The molecule has 0 radical (unpaired) electrons. The van der Waals surface area contributed by atoms with Crippen LogP contribution in [0.25, 0.3) is 5.65 Å². The second-order valence-electron chi connectivity index (χ2n) is 4.45. The van der Waals surface area contributed by atoms with E-state index in [1.165, 1.54) is 0 Å². The van der Waals surface area contributed by atoms with Gasteiger partial charge in [0.1, 0.15) is 0 Å². The summed E-state index contributed by atoms with van der Waals surface area (Å²) in [5, 5.41) is 24.1. The van der Waals surface area contributed by atoms with Crippen LogP contribution in [0.15, 0.2) is 42.7 Å². The van der Waals surface area contributed by atoms with Gasteiger partial charge in [-0.25, -0.2) is 0 Å². The van der Waals surface area contributed by atoms with Crippen LogP contribution in [0.4, 0.5) is 5.82 Å². The number of nitrogens with zero attached hydrogens (tertiary/aromatic N) is 5. The molecule has 0 aliphatic carbocycles. The molecule has 0 amide bonds. The molecule has 0 aliphatic rings. The van der Waals surface area contributed by atoms with Crippen molar-refractivity contribution < 1.29 is 5.11 Å². The molecule has 1 aromatic carbocycles. The lowest BCUT2D eigenvalue weighted by molar-refractivity contribution is 0.273. The van der Waals surface area contributed by atoms with Crippen LogP contribution in [-0.2, 0) is 6.42 Å². The number of tetrazole rings is 1. The van der Waals surface area contributed by atoms with Crippen molar-refractivity contribution in [2.75, 3.05) is 11.9 Å². The van der Waals surface area contributed by atoms with Gasteiger partial charge in [0, 0.05) is 0 Å². The minimum absolute atomic E-state index is 0.00735. The summed E-state index contributed by atoms with van der Waals surface area (Å²) >= 11 is 0. The van der Waals surface area contributed by atoms with E-state index >= 15 is 0 Å². The molecule has 7 heteroatoms. The van der Waals surface area contributed by atoms with Gasteiger partial charge < -0.3 is 10.4 Å². The van der Waals surface area contributed by atoms with Crippen molar-refractivity contribution in [2.24, 2.45) is 0 Å². The minimum Gasteiger partial charge on any atom is -0.394 e. The summed E-state index contributed by atoms with van der Waals surface area (Å²) < 4.78 is 1.56. The number of nitrogens with one attached hydrogen (secondary N) is 1. The number of aliphatic hydroxyl groups is 1. The zero-order valence-corrected chi connectivity index (χ0v) is 10.7. The minimum atomic E-state index is -0.131. The molecule has 0 fully saturated rings. The van der Waals surface area contributed by atoms with Gasteiger partial charge in [0.15, 0.2) is 11.5 Å². The van der Waals surface area contributed by atoms with Crippen molar-refractivity contribution >= 4 is 11.5 Å². The number of fused-ring (bicyclic) bond motifs is 1. The van der Waals surface area contributed by atoms with Crippen molar-refractivity contribution in [1.29, 1.82) is 0 Å². The summed E-state index contributed by atoms with van der Waals surface area (Å²) in [5.74, 6) is 0.655. The predicted molar refractivity (Wildman–Crippen MR) is 73.2 cm³/mol. The van der Waals surface area contributed by atoms with Crippen molar-refractivity contribution in [3.8, 4) is 0 Å². The molecule has 20 heavy (non-hydrogen) atoms. The first-order valence-electron chi connectivity index (χ1n) is 6.30. The Bertz CT molecular complexity index is 683. The number of aliphatic hydroxyl groups excluding tert-OH is 1. The highest BCUT2D eigenvalue weighted by Gasteiger charge is 2.11. The Morgan fingerprint density at radius 1 is 1.20 bits per heavy atom. The van der Waals surface area contributed by atoms with Crippen LogP contribution < -0.4 is 5.32 Å². The van der Waals surface area contributed by atoms with Gasteiger partial charge in [-0.3, -0.25) is 4.98 Å². The van der Waals surface area contributed by atoms with Gasteiger partial charge >= 0.3 is 0 Å². The molecule has 7 nitrogen and oxygen atoms in total. The molecule has 1 atom stereocenters. The van der Waals surface area contributed by atoms with E-state index in [1.807, 2.05) is 30.3 Å². The molecule has 0 aliphatic heterocycles. The van der Waals surface area contributed by atoms with Crippen LogP contribution in [0, 0.1) is 0 Å². The highest BCUT2D eigenvalue weighted by molar-refractivity contribution is 5.44. The first-order valence-corrected chi connectivity index (χ1v) is 6.30. The monoisotopic (exact) mass is 270 g/mol. The molecule has 0 bridgehead atoms. The van der Waals surface area contributed by atoms with Crippen LogP contribution in [0.3, 0.4) is 0 Å². The molecule has 0 saturated carbocycles. The maximum Gasteiger partial charge on any atom is 0.199 e. The number of hydrogen-bond donors (Lipinski definition) is 2. The molecular weight excluding hydrogens is 256 g/mol. The highest BCUT2D eigenvalue weighted by atomic mass is 16.3. The zero-order chi connectivity index (χ0) is 13.8. The third-order valence-electron chi connectivity index (χ3n) is 3.01. The van der Waals surface area contributed by atoms with E-state index in [1.54, 1.807) is 16.9 Å². The van der Waals surface area contributed by atoms with Crippen LogP contribution in [0.1, 0.15) is 5.56 Å². The second kappa shape index (κ2) is 5.62. The van der Waals surface area contributed by atoms with E-state index in [0.717, 1.165) is 5.56 Å². The van der Waals surface area contributed by atoms with Crippen LogP contribution in [0.2, 0.25) is 0 Å². The van der Waals surface area contributed by atoms with E-state index in [0.29, 0.717) is 17.9 Å². The maximum absolute atomic E-state index is 9.53. The Kier molecular flexibility index (Phi) is 3.51. The second-order valence-corrected chi connectivity index (χ2v) is 4.45. The lowest BCUT2D eigenvalue weighted by Crippen LogP contribution is -2.27. The van der Waals surface area contributed by atoms with E-state index in [-0.39, 0.29) is 12.6 Å². The van der Waals surface area contributed by atoms with Gasteiger partial charge in [-0.1, -0.05) is 30.3 Å². The Hall–Kier alpha value is -2.54. The zero-order valence-electron chi connectivity index (χ0n) is 10.7. The van der Waals surface area contributed by atoms with Gasteiger partial charge in [-0.15, -0.1) is 5.10 Å². The summed E-state index contributed by atoms with van der Waals surface area (Å²) in [5.41, 5.74) is 1.71. The molecule has 0 spiro atoms. The number of hydrogen-bond acceptors (Lipinski definition) is 6. The molecule has 2 aromatic heterocycles. The highest BCUT2D eigenvalue weighted by Crippen LogP contribution is 2.10. The molecule has 1 unspecified atom stereocenters. The predicted octanol–water partition coefficient (Wildman–Crippen LogP) is 0.535. The fourth-order valence-corrected chi connectivity index (χ4v) is 2.04. The Morgan fingerprint density at radius 3 is 2.85 bits per heavy atom. The topological polar surface area (TPSA) is 88.2 Å². The van der Waals surface area contributed by atoms with E-state index in [9.17, 15) is 5.11 Å². The van der Waals surface area contributed by atoms with Crippen molar-refractivity contribution in [1.82, 2.24) is 25.0 Å². The number of rotatable bonds is 5.